The minimum Gasteiger partial charge on any atom is -0.476 e. The second kappa shape index (κ2) is 4.62. The summed E-state index contributed by atoms with van der Waals surface area (Å²) < 4.78 is 1.01. The molecule has 0 amide bonds. The van der Waals surface area contributed by atoms with Gasteiger partial charge in [-0.15, -0.1) is 0 Å². The molecule has 0 fully saturated rings. The number of carboxylic acids is 1. The maximum Gasteiger partial charge on any atom is 0.356 e. The monoisotopic (exact) mass is 264 g/mol. The van der Waals surface area contributed by atoms with Gasteiger partial charge >= 0.3 is 5.97 Å². The molecular weight excluding hydrogens is 256 g/mol. The fraction of sp³-hybridized carbons (Fsp3) is 0.0833. The van der Waals surface area contributed by atoms with Gasteiger partial charge in [0, 0.05) is 11.1 Å². The number of halogens is 1. The van der Waals surface area contributed by atoms with Gasteiger partial charge in [-0.05, 0) is 30.7 Å². The maximum absolute atomic E-state index is 11.7. The molecule has 1 heterocycles. The van der Waals surface area contributed by atoms with Crippen molar-refractivity contribution >= 4 is 17.6 Å². The molecule has 5 nitrogen and oxygen atoms in total. The summed E-state index contributed by atoms with van der Waals surface area (Å²) in [5.74, 6) is -1.19. The third kappa shape index (κ3) is 2.26. The van der Waals surface area contributed by atoms with Crippen molar-refractivity contribution in [1.82, 2.24) is 9.78 Å². The number of aromatic nitrogens is 2. The van der Waals surface area contributed by atoms with Crippen LogP contribution in [-0.2, 0) is 0 Å². The predicted octanol–water partition coefficient (Wildman–Crippen LogP) is 1.89. The normalized spacial score (nSPS) is 10.3. The van der Waals surface area contributed by atoms with Crippen molar-refractivity contribution in [2.45, 2.75) is 6.92 Å². The Balaban J connectivity index is 2.62. The van der Waals surface area contributed by atoms with Crippen molar-refractivity contribution in [1.29, 1.82) is 0 Å². The van der Waals surface area contributed by atoms with Crippen molar-refractivity contribution in [3.63, 3.8) is 0 Å². The molecule has 1 aromatic heterocycles. The molecule has 2 aromatic rings. The van der Waals surface area contributed by atoms with Crippen molar-refractivity contribution in [3.05, 3.63) is 57.0 Å². The molecule has 1 N–H and O–H groups in total. The molecule has 0 atom stereocenters. The van der Waals surface area contributed by atoms with Crippen LogP contribution in [0.1, 0.15) is 16.1 Å². The molecule has 18 heavy (non-hydrogen) atoms. The molecule has 0 radical (unpaired) electrons. The zero-order chi connectivity index (χ0) is 13.3. The first kappa shape index (κ1) is 12.3. The number of hydrogen-bond donors (Lipinski definition) is 1. The molecule has 2 rings (SSSR count). The van der Waals surface area contributed by atoms with E-state index in [1.807, 2.05) is 6.92 Å². The van der Waals surface area contributed by atoms with Crippen LogP contribution in [0.15, 0.2) is 35.1 Å². The highest BCUT2D eigenvalue weighted by Gasteiger charge is 2.09. The van der Waals surface area contributed by atoms with Gasteiger partial charge in [0.15, 0.2) is 5.69 Å². The highest BCUT2D eigenvalue weighted by atomic mass is 35.5. The standard InChI is InChI=1S/C12H9ClN2O3/c1-7-2-3-8(6-9(7)13)15-11(16)5-4-10(14-15)12(17)18/h2-6H,1H3,(H,17,18). The van der Waals surface area contributed by atoms with E-state index in [0.29, 0.717) is 10.7 Å². The van der Waals surface area contributed by atoms with Crippen LogP contribution in [0.5, 0.6) is 0 Å². The van der Waals surface area contributed by atoms with Gasteiger partial charge in [0.25, 0.3) is 5.56 Å². The lowest BCUT2D eigenvalue weighted by atomic mass is 10.2. The van der Waals surface area contributed by atoms with E-state index in [2.05, 4.69) is 5.10 Å². The van der Waals surface area contributed by atoms with E-state index in [-0.39, 0.29) is 5.69 Å². The molecule has 0 aliphatic carbocycles. The Hall–Kier alpha value is -2.14. The average molecular weight is 265 g/mol. The van der Waals surface area contributed by atoms with Gasteiger partial charge in [0.1, 0.15) is 0 Å². The first-order chi connectivity index (χ1) is 8.49. The Kier molecular flexibility index (Phi) is 3.16. The van der Waals surface area contributed by atoms with Gasteiger partial charge in [0.2, 0.25) is 0 Å². The number of hydrogen-bond acceptors (Lipinski definition) is 3. The summed E-state index contributed by atoms with van der Waals surface area (Å²) in [6.07, 6.45) is 0. The molecule has 6 heteroatoms. The quantitative estimate of drug-likeness (QED) is 0.899. The third-order valence-corrected chi connectivity index (χ3v) is 2.83. The molecule has 92 valence electrons. The van der Waals surface area contributed by atoms with Crippen LogP contribution in [0.25, 0.3) is 5.69 Å². The Bertz CT molecular complexity index is 679. The van der Waals surface area contributed by atoms with Crippen molar-refractivity contribution in [2.75, 3.05) is 0 Å². The van der Waals surface area contributed by atoms with Crippen molar-refractivity contribution < 1.29 is 9.90 Å². The summed E-state index contributed by atoms with van der Waals surface area (Å²) in [4.78, 5) is 22.5. The number of carboxylic acid groups (broad SMARTS) is 1. The van der Waals surface area contributed by atoms with Crippen LogP contribution in [0.4, 0.5) is 0 Å². The van der Waals surface area contributed by atoms with Crippen LogP contribution < -0.4 is 5.56 Å². The second-order valence-corrected chi connectivity index (χ2v) is 4.11. The van der Waals surface area contributed by atoms with E-state index >= 15 is 0 Å². The molecular formula is C12H9ClN2O3. The van der Waals surface area contributed by atoms with Crippen LogP contribution >= 0.6 is 11.6 Å². The summed E-state index contributed by atoms with van der Waals surface area (Å²) in [5.41, 5.74) is 0.674. The van der Waals surface area contributed by atoms with Crippen molar-refractivity contribution in [3.8, 4) is 5.69 Å². The van der Waals surface area contributed by atoms with E-state index in [1.165, 1.54) is 0 Å². The van der Waals surface area contributed by atoms with Gasteiger partial charge in [-0.1, -0.05) is 17.7 Å². The fourth-order valence-corrected chi connectivity index (χ4v) is 1.60. The summed E-state index contributed by atoms with van der Waals surface area (Å²) in [7, 11) is 0. The Morgan fingerprint density at radius 2 is 2.06 bits per heavy atom. The number of benzene rings is 1. The van der Waals surface area contributed by atoms with Crippen LogP contribution in [0.2, 0.25) is 5.02 Å². The largest absolute Gasteiger partial charge is 0.476 e. The van der Waals surface area contributed by atoms with E-state index in [4.69, 9.17) is 16.7 Å². The molecule has 0 unspecified atom stereocenters. The van der Waals surface area contributed by atoms with Crippen molar-refractivity contribution in [2.24, 2.45) is 0 Å². The average Bonchev–Trinajstić information content (AvgIpc) is 2.33. The Labute approximate surface area is 107 Å². The van der Waals surface area contributed by atoms with Gasteiger partial charge in [-0.3, -0.25) is 4.79 Å². The first-order valence-electron chi connectivity index (χ1n) is 5.09. The summed E-state index contributed by atoms with van der Waals surface area (Å²) in [6.45, 7) is 1.83. The molecule has 0 bridgehead atoms. The SMILES string of the molecule is Cc1ccc(-n2nc(C(=O)O)ccc2=O)cc1Cl. The molecule has 1 aromatic carbocycles. The Morgan fingerprint density at radius 3 is 2.67 bits per heavy atom. The van der Waals surface area contributed by atoms with Crippen LogP contribution in [0.3, 0.4) is 0 Å². The lowest BCUT2D eigenvalue weighted by molar-refractivity contribution is 0.0688. The van der Waals surface area contributed by atoms with Gasteiger partial charge in [-0.2, -0.15) is 9.78 Å². The topological polar surface area (TPSA) is 72.2 Å². The van der Waals surface area contributed by atoms with Crippen LogP contribution in [0, 0.1) is 6.92 Å². The first-order valence-corrected chi connectivity index (χ1v) is 5.47. The maximum atomic E-state index is 11.7. The molecule has 0 aliphatic heterocycles. The molecule has 0 aliphatic rings. The van der Waals surface area contributed by atoms with Crippen LogP contribution in [-0.4, -0.2) is 20.9 Å². The number of carbonyl (C=O) groups is 1. The van der Waals surface area contributed by atoms with Gasteiger partial charge in [-0.25, -0.2) is 4.79 Å². The van der Waals surface area contributed by atoms with E-state index in [0.717, 1.165) is 22.4 Å². The predicted molar refractivity (Wildman–Crippen MR) is 66.5 cm³/mol. The fourth-order valence-electron chi connectivity index (χ4n) is 1.42. The summed E-state index contributed by atoms with van der Waals surface area (Å²) >= 11 is 5.96. The Morgan fingerprint density at radius 1 is 1.33 bits per heavy atom. The zero-order valence-corrected chi connectivity index (χ0v) is 10.2. The minimum atomic E-state index is -1.19. The number of nitrogens with zero attached hydrogens (tertiary/aromatic N) is 2. The van der Waals surface area contributed by atoms with E-state index in [9.17, 15) is 9.59 Å². The second-order valence-electron chi connectivity index (χ2n) is 3.71. The molecule has 0 saturated heterocycles. The van der Waals surface area contributed by atoms with E-state index < -0.39 is 11.5 Å². The number of aromatic carboxylic acids is 1. The number of aryl methyl sites for hydroxylation is 1. The third-order valence-electron chi connectivity index (χ3n) is 2.42. The highest BCUT2D eigenvalue weighted by molar-refractivity contribution is 6.31. The summed E-state index contributed by atoms with van der Waals surface area (Å²) in [6, 6.07) is 7.28. The molecule has 0 spiro atoms. The van der Waals surface area contributed by atoms with Gasteiger partial charge < -0.3 is 5.11 Å². The smallest absolute Gasteiger partial charge is 0.356 e. The lowest BCUT2D eigenvalue weighted by Gasteiger charge is -2.06. The van der Waals surface area contributed by atoms with E-state index in [1.54, 1.807) is 18.2 Å². The lowest BCUT2D eigenvalue weighted by Crippen LogP contribution is -2.22. The minimum absolute atomic E-state index is 0.203. The highest BCUT2D eigenvalue weighted by Crippen LogP contribution is 2.18. The number of rotatable bonds is 2. The van der Waals surface area contributed by atoms with Gasteiger partial charge in [0.05, 0.1) is 5.69 Å². The molecule has 0 saturated carbocycles. The zero-order valence-electron chi connectivity index (χ0n) is 9.42. The summed E-state index contributed by atoms with van der Waals surface area (Å²) in [5, 5.41) is 13.1.